The molecule has 98 valence electrons. The lowest BCUT2D eigenvalue weighted by atomic mass is 10.2. The standard InChI is InChI=1S/C14H19NO3/c16-13-8-4-5-9-15(10-13)14(17)18-11-12-6-2-1-3-7-12/h1-3,6-7,13,16H,4-5,8-11H2/t13-/m1/s1. The summed E-state index contributed by atoms with van der Waals surface area (Å²) in [4.78, 5) is 13.5. The average Bonchev–Trinajstić information content (AvgIpc) is 2.62. The van der Waals surface area contributed by atoms with E-state index in [1.165, 1.54) is 0 Å². The van der Waals surface area contributed by atoms with Crippen molar-refractivity contribution in [2.24, 2.45) is 0 Å². The Labute approximate surface area is 107 Å². The SMILES string of the molecule is O=C(OCc1ccccc1)N1CCCC[C@@H](O)C1. The number of amides is 1. The summed E-state index contributed by atoms with van der Waals surface area (Å²) in [5.74, 6) is 0. The molecule has 1 aromatic rings. The Balaban J connectivity index is 1.83. The van der Waals surface area contributed by atoms with E-state index in [4.69, 9.17) is 4.74 Å². The van der Waals surface area contributed by atoms with Gasteiger partial charge in [0.1, 0.15) is 6.61 Å². The van der Waals surface area contributed by atoms with E-state index in [0.717, 1.165) is 24.8 Å². The van der Waals surface area contributed by atoms with Crippen LogP contribution in [0, 0.1) is 0 Å². The zero-order chi connectivity index (χ0) is 12.8. The van der Waals surface area contributed by atoms with E-state index < -0.39 is 6.10 Å². The van der Waals surface area contributed by atoms with Gasteiger partial charge in [0.15, 0.2) is 0 Å². The summed E-state index contributed by atoms with van der Waals surface area (Å²) in [6.07, 6.45) is 1.90. The summed E-state index contributed by atoms with van der Waals surface area (Å²) in [7, 11) is 0. The summed E-state index contributed by atoms with van der Waals surface area (Å²) >= 11 is 0. The molecule has 4 heteroatoms. The first-order valence-electron chi connectivity index (χ1n) is 6.39. The van der Waals surface area contributed by atoms with E-state index in [9.17, 15) is 9.90 Å². The lowest BCUT2D eigenvalue weighted by Gasteiger charge is -2.21. The maximum atomic E-state index is 11.9. The molecule has 1 aliphatic rings. The quantitative estimate of drug-likeness (QED) is 0.874. The van der Waals surface area contributed by atoms with E-state index in [1.54, 1.807) is 4.90 Å². The molecular formula is C14H19NO3. The second-order valence-electron chi connectivity index (χ2n) is 4.64. The van der Waals surface area contributed by atoms with Gasteiger partial charge in [-0.05, 0) is 24.8 Å². The van der Waals surface area contributed by atoms with E-state index >= 15 is 0 Å². The van der Waals surface area contributed by atoms with Gasteiger partial charge in [0, 0.05) is 13.1 Å². The summed E-state index contributed by atoms with van der Waals surface area (Å²) in [5, 5.41) is 9.64. The number of aliphatic hydroxyl groups excluding tert-OH is 1. The molecule has 1 amide bonds. The number of carbonyl (C=O) groups excluding carboxylic acids is 1. The molecule has 4 nitrogen and oxygen atoms in total. The molecule has 0 saturated carbocycles. The number of hydrogen-bond acceptors (Lipinski definition) is 3. The number of benzene rings is 1. The first-order valence-corrected chi connectivity index (χ1v) is 6.39. The molecule has 1 N–H and O–H groups in total. The molecule has 1 heterocycles. The highest BCUT2D eigenvalue weighted by atomic mass is 16.6. The minimum atomic E-state index is -0.420. The third-order valence-electron chi connectivity index (χ3n) is 3.11. The van der Waals surface area contributed by atoms with Crippen molar-refractivity contribution in [2.75, 3.05) is 13.1 Å². The Hall–Kier alpha value is -1.55. The number of aliphatic hydroxyl groups is 1. The topological polar surface area (TPSA) is 49.8 Å². The number of carbonyl (C=O) groups is 1. The highest BCUT2D eigenvalue weighted by Crippen LogP contribution is 2.12. The van der Waals surface area contributed by atoms with Gasteiger partial charge in [-0.2, -0.15) is 0 Å². The maximum Gasteiger partial charge on any atom is 0.410 e. The van der Waals surface area contributed by atoms with Gasteiger partial charge in [0.05, 0.1) is 6.10 Å². The number of likely N-dealkylation sites (tertiary alicyclic amines) is 1. The van der Waals surface area contributed by atoms with Crippen LogP contribution >= 0.6 is 0 Å². The largest absolute Gasteiger partial charge is 0.445 e. The molecule has 0 aromatic heterocycles. The molecule has 1 aliphatic heterocycles. The van der Waals surface area contributed by atoms with Gasteiger partial charge < -0.3 is 14.7 Å². The molecule has 0 radical (unpaired) electrons. The van der Waals surface area contributed by atoms with Crippen LogP contribution in [0.25, 0.3) is 0 Å². The first-order chi connectivity index (χ1) is 8.75. The van der Waals surface area contributed by atoms with Gasteiger partial charge in [-0.15, -0.1) is 0 Å². The predicted molar refractivity (Wildman–Crippen MR) is 68.1 cm³/mol. The number of hydrogen-bond donors (Lipinski definition) is 1. The Morgan fingerprint density at radius 1 is 1.33 bits per heavy atom. The fourth-order valence-corrected chi connectivity index (χ4v) is 2.10. The molecule has 2 rings (SSSR count). The number of nitrogens with zero attached hydrogens (tertiary/aromatic N) is 1. The van der Waals surface area contributed by atoms with Crippen molar-refractivity contribution in [3.63, 3.8) is 0 Å². The zero-order valence-electron chi connectivity index (χ0n) is 10.4. The number of β-amino-alcohol motifs (C(OH)–C–C–N with tert-alkyl or cyclic N) is 1. The second kappa shape index (κ2) is 6.40. The summed E-state index contributed by atoms with van der Waals surface area (Å²) in [6, 6.07) is 9.60. The molecule has 1 fully saturated rings. The van der Waals surface area contributed by atoms with E-state index in [1.807, 2.05) is 30.3 Å². The third-order valence-corrected chi connectivity index (χ3v) is 3.11. The molecule has 0 spiro atoms. The summed E-state index contributed by atoms with van der Waals surface area (Å²) in [5.41, 5.74) is 0.973. The average molecular weight is 249 g/mol. The highest BCUT2D eigenvalue weighted by Gasteiger charge is 2.21. The van der Waals surface area contributed by atoms with Crippen LogP contribution in [0.3, 0.4) is 0 Å². The van der Waals surface area contributed by atoms with Crippen LogP contribution in [0.15, 0.2) is 30.3 Å². The Morgan fingerprint density at radius 3 is 2.89 bits per heavy atom. The molecule has 1 atom stereocenters. The van der Waals surface area contributed by atoms with Crippen LogP contribution in [0.4, 0.5) is 4.79 Å². The number of ether oxygens (including phenoxy) is 1. The van der Waals surface area contributed by atoms with E-state index in [-0.39, 0.29) is 12.7 Å². The van der Waals surface area contributed by atoms with Crippen LogP contribution in [-0.2, 0) is 11.3 Å². The molecule has 0 unspecified atom stereocenters. The van der Waals surface area contributed by atoms with Gasteiger partial charge in [0.25, 0.3) is 0 Å². The van der Waals surface area contributed by atoms with Crippen LogP contribution in [0.5, 0.6) is 0 Å². The highest BCUT2D eigenvalue weighted by molar-refractivity contribution is 5.67. The van der Waals surface area contributed by atoms with Crippen molar-refractivity contribution in [3.8, 4) is 0 Å². The van der Waals surface area contributed by atoms with Crippen molar-refractivity contribution in [1.82, 2.24) is 4.90 Å². The van der Waals surface area contributed by atoms with Crippen molar-refractivity contribution < 1.29 is 14.6 Å². The van der Waals surface area contributed by atoms with Crippen molar-refractivity contribution in [3.05, 3.63) is 35.9 Å². The van der Waals surface area contributed by atoms with Crippen LogP contribution in [0.2, 0.25) is 0 Å². The fraction of sp³-hybridized carbons (Fsp3) is 0.500. The maximum absolute atomic E-state index is 11.9. The monoisotopic (exact) mass is 249 g/mol. The van der Waals surface area contributed by atoms with Gasteiger partial charge >= 0.3 is 6.09 Å². The van der Waals surface area contributed by atoms with Crippen LogP contribution in [-0.4, -0.2) is 35.3 Å². The van der Waals surface area contributed by atoms with Gasteiger partial charge in [0.2, 0.25) is 0 Å². The molecule has 0 aliphatic carbocycles. The van der Waals surface area contributed by atoms with Gasteiger partial charge in [-0.3, -0.25) is 0 Å². The lowest BCUT2D eigenvalue weighted by Crippen LogP contribution is -2.36. The molecule has 0 bridgehead atoms. The van der Waals surface area contributed by atoms with Crippen LogP contribution < -0.4 is 0 Å². The zero-order valence-corrected chi connectivity index (χ0v) is 10.4. The van der Waals surface area contributed by atoms with Crippen molar-refractivity contribution in [2.45, 2.75) is 32.0 Å². The minimum Gasteiger partial charge on any atom is -0.445 e. The summed E-state index contributed by atoms with van der Waals surface area (Å²) < 4.78 is 5.25. The Kier molecular flexibility index (Phi) is 4.59. The Morgan fingerprint density at radius 2 is 2.11 bits per heavy atom. The third kappa shape index (κ3) is 3.74. The van der Waals surface area contributed by atoms with Crippen molar-refractivity contribution in [1.29, 1.82) is 0 Å². The predicted octanol–water partition coefficient (Wildman–Crippen LogP) is 2.17. The summed E-state index contributed by atoms with van der Waals surface area (Å²) in [6.45, 7) is 1.34. The second-order valence-corrected chi connectivity index (χ2v) is 4.64. The number of rotatable bonds is 2. The lowest BCUT2D eigenvalue weighted by molar-refractivity contribution is 0.0744. The molecule has 18 heavy (non-hydrogen) atoms. The van der Waals surface area contributed by atoms with Gasteiger partial charge in [-0.1, -0.05) is 30.3 Å². The first kappa shape index (κ1) is 12.9. The van der Waals surface area contributed by atoms with E-state index in [2.05, 4.69) is 0 Å². The fourth-order valence-electron chi connectivity index (χ4n) is 2.10. The van der Waals surface area contributed by atoms with E-state index in [0.29, 0.717) is 13.1 Å². The van der Waals surface area contributed by atoms with Gasteiger partial charge in [-0.25, -0.2) is 4.79 Å². The normalized spacial score (nSPS) is 20.3. The Bertz CT molecular complexity index is 380. The molecule has 1 saturated heterocycles. The minimum absolute atomic E-state index is 0.284. The molecule has 1 aromatic carbocycles. The van der Waals surface area contributed by atoms with Crippen LogP contribution in [0.1, 0.15) is 24.8 Å². The van der Waals surface area contributed by atoms with Crippen molar-refractivity contribution >= 4 is 6.09 Å². The smallest absolute Gasteiger partial charge is 0.410 e. The molecular weight excluding hydrogens is 230 g/mol.